The third kappa shape index (κ3) is 3.43. The molecule has 0 aromatic heterocycles. The molecule has 1 aliphatic rings. The average Bonchev–Trinajstić information content (AvgIpc) is 2.32. The van der Waals surface area contributed by atoms with E-state index >= 15 is 0 Å². The summed E-state index contributed by atoms with van der Waals surface area (Å²) in [4.78, 5) is 0. The zero-order valence-corrected chi connectivity index (χ0v) is 10.0. The van der Waals surface area contributed by atoms with Crippen LogP contribution in [-0.2, 0) is 0 Å². The second-order valence-corrected chi connectivity index (χ2v) is 3.77. The van der Waals surface area contributed by atoms with Crippen LogP contribution in [0.4, 0.5) is 0 Å². The first kappa shape index (κ1) is 11.8. The Balaban J connectivity index is 3.04. The van der Waals surface area contributed by atoms with Crippen molar-refractivity contribution in [2.45, 2.75) is 33.6 Å². The highest BCUT2D eigenvalue weighted by Gasteiger charge is 2.05. The van der Waals surface area contributed by atoms with Crippen LogP contribution in [0.15, 0.2) is 47.2 Å². The molecule has 0 aliphatic carbocycles. The molecule has 0 saturated carbocycles. The maximum absolute atomic E-state index is 3.44. The monoisotopic (exact) mass is 203 g/mol. The van der Waals surface area contributed by atoms with E-state index in [0.29, 0.717) is 0 Å². The van der Waals surface area contributed by atoms with Crippen molar-refractivity contribution in [2.75, 3.05) is 6.54 Å². The van der Waals surface area contributed by atoms with Gasteiger partial charge in [0.1, 0.15) is 0 Å². The minimum atomic E-state index is 0.917. The molecule has 1 heteroatoms. The van der Waals surface area contributed by atoms with Gasteiger partial charge in [-0.15, -0.1) is 0 Å². The van der Waals surface area contributed by atoms with E-state index in [-0.39, 0.29) is 0 Å². The van der Waals surface area contributed by atoms with Crippen molar-refractivity contribution < 1.29 is 0 Å². The fourth-order valence-corrected chi connectivity index (χ4v) is 1.79. The van der Waals surface area contributed by atoms with Crippen molar-refractivity contribution in [3.8, 4) is 0 Å². The van der Waals surface area contributed by atoms with Crippen molar-refractivity contribution in [1.29, 1.82) is 0 Å². The number of hydrogen-bond acceptors (Lipinski definition) is 1. The summed E-state index contributed by atoms with van der Waals surface area (Å²) in [7, 11) is 0. The van der Waals surface area contributed by atoms with E-state index in [9.17, 15) is 0 Å². The largest absolute Gasteiger partial charge is 0.385 e. The summed E-state index contributed by atoms with van der Waals surface area (Å²) < 4.78 is 0. The number of rotatable bonds is 2. The molecule has 1 nitrogen and oxygen atoms in total. The lowest BCUT2D eigenvalue weighted by Gasteiger charge is -2.13. The Labute approximate surface area is 93.3 Å². The molecular weight excluding hydrogens is 182 g/mol. The van der Waals surface area contributed by atoms with E-state index in [1.54, 1.807) is 0 Å². The lowest BCUT2D eigenvalue weighted by atomic mass is 9.99. The predicted octanol–water partition coefficient (Wildman–Crippen LogP) is 3.72. The number of nitrogens with one attached hydrogen (secondary N) is 1. The fourth-order valence-electron chi connectivity index (χ4n) is 1.79. The Hall–Kier alpha value is -1.24. The molecule has 1 rings (SSSR count). The van der Waals surface area contributed by atoms with E-state index in [4.69, 9.17) is 0 Å². The van der Waals surface area contributed by atoms with Crippen molar-refractivity contribution in [2.24, 2.45) is 0 Å². The van der Waals surface area contributed by atoms with Crippen molar-refractivity contribution in [3.63, 3.8) is 0 Å². The average molecular weight is 203 g/mol. The first-order chi connectivity index (χ1) is 7.29. The molecule has 0 fully saturated rings. The summed E-state index contributed by atoms with van der Waals surface area (Å²) in [5.74, 6) is 0. The maximum Gasteiger partial charge on any atom is 0.0330 e. The van der Waals surface area contributed by atoms with Gasteiger partial charge in [0.25, 0.3) is 0 Å². The van der Waals surface area contributed by atoms with Gasteiger partial charge in [0, 0.05) is 12.2 Å². The summed E-state index contributed by atoms with van der Waals surface area (Å²) in [6, 6.07) is 0. The molecule has 15 heavy (non-hydrogen) atoms. The smallest absolute Gasteiger partial charge is 0.0330 e. The molecule has 0 aromatic carbocycles. The topological polar surface area (TPSA) is 12.0 Å². The van der Waals surface area contributed by atoms with Gasteiger partial charge in [-0.25, -0.2) is 0 Å². The van der Waals surface area contributed by atoms with Crippen LogP contribution in [0.3, 0.4) is 0 Å². The summed E-state index contributed by atoms with van der Waals surface area (Å²) in [6.07, 6.45) is 13.1. The van der Waals surface area contributed by atoms with Gasteiger partial charge in [-0.2, -0.15) is 0 Å². The lowest BCUT2D eigenvalue weighted by molar-refractivity contribution is 0.836. The van der Waals surface area contributed by atoms with Gasteiger partial charge in [-0.3, -0.25) is 0 Å². The van der Waals surface area contributed by atoms with Crippen molar-refractivity contribution in [1.82, 2.24) is 5.32 Å². The molecule has 0 radical (unpaired) electrons. The molecule has 0 saturated heterocycles. The van der Waals surface area contributed by atoms with Gasteiger partial charge < -0.3 is 5.32 Å². The van der Waals surface area contributed by atoms with E-state index < -0.39 is 0 Å². The van der Waals surface area contributed by atoms with Crippen molar-refractivity contribution in [3.05, 3.63) is 47.2 Å². The Morgan fingerprint density at radius 1 is 1.40 bits per heavy atom. The molecule has 0 aromatic rings. The summed E-state index contributed by atoms with van der Waals surface area (Å²) in [5, 5.41) is 3.44. The SMILES string of the molecule is C/C=C1/C=C\C=C/CNC(C)=C1CCC. The molecule has 0 unspecified atom stereocenters. The van der Waals surface area contributed by atoms with E-state index in [0.717, 1.165) is 13.0 Å². The summed E-state index contributed by atoms with van der Waals surface area (Å²) in [5.41, 5.74) is 4.09. The van der Waals surface area contributed by atoms with Gasteiger partial charge in [0.2, 0.25) is 0 Å². The Morgan fingerprint density at radius 2 is 2.20 bits per heavy atom. The molecule has 0 atom stereocenters. The van der Waals surface area contributed by atoms with E-state index in [2.05, 4.69) is 56.5 Å². The number of hydrogen-bond donors (Lipinski definition) is 1. The molecule has 82 valence electrons. The minimum absolute atomic E-state index is 0.917. The predicted molar refractivity (Wildman–Crippen MR) is 67.6 cm³/mol. The second-order valence-electron chi connectivity index (χ2n) is 3.77. The highest BCUT2D eigenvalue weighted by atomic mass is 14.9. The van der Waals surface area contributed by atoms with Crippen LogP contribution < -0.4 is 5.32 Å². The Kier molecular flexibility index (Phi) is 4.96. The van der Waals surface area contributed by atoms with E-state index in [1.807, 2.05) is 0 Å². The van der Waals surface area contributed by atoms with Gasteiger partial charge in [-0.1, -0.05) is 43.7 Å². The van der Waals surface area contributed by atoms with Crippen molar-refractivity contribution >= 4 is 0 Å². The third-order valence-corrected chi connectivity index (χ3v) is 2.62. The molecule has 0 amide bonds. The van der Waals surface area contributed by atoms with Gasteiger partial charge in [-0.05, 0) is 31.4 Å². The van der Waals surface area contributed by atoms with Gasteiger partial charge in [0.15, 0.2) is 0 Å². The molecular formula is C14H21N. The summed E-state index contributed by atoms with van der Waals surface area (Å²) in [6.45, 7) is 7.41. The van der Waals surface area contributed by atoms with Crippen LogP contribution in [-0.4, -0.2) is 6.54 Å². The second kappa shape index (κ2) is 6.28. The zero-order chi connectivity index (χ0) is 11.1. The maximum atomic E-state index is 3.44. The van der Waals surface area contributed by atoms with Crippen LogP contribution >= 0.6 is 0 Å². The fraction of sp³-hybridized carbons (Fsp3) is 0.429. The molecule has 1 aliphatic heterocycles. The highest BCUT2D eigenvalue weighted by molar-refractivity contribution is 5.43. The quantitative estimate of drug-likeness (QED) is 0.721. The Morgan fingerprint density at radius 3 is 2.87 bits per heavy atom. The van der Waals surface area contributed by atoms with Crippen LogP contribution in [0.2, 0.25) is 0 Å². The van der Waals surface area contributed by atoms with Crippen LogP contribution in [0.25, 0.3) is 0 Å². The van der Waals surface area contributed by atoms with Gasteiger partial charge in [0.05, 0.1) is 0 Å². The number of allylic oxidation sites excluding steroid dienone is 7. The normalized spacial score (nSPS) is 24.1. The van der Waals surface area contributed by atoms with Crippen LogP contribution in [0, 0.1) is 0 Å². The van der Waals surface area contributed by atoms with E-state index in [1.165, 1.54) is 23.3 Å². The molecule has 1 N–H and O–H groups in total. The third-order valence-electron chi connectivity index (χ3n) is 2.62. The first-order valence-electron chi connectivity index (χ1n) is 5.73. The minimum Gasteiger partial charge on any atom is -0.385 e. The molecule has 0 spiro atoms. The zero-order valence-electron chi connectivity index (χ0n) is 10.0. The summed E-state index contributed by atoms with van der Waals surface area (Å²) >= 11 is 0. The van der Waals surface area contributed by atoms with Crippen LogP contribution in [0.5, 0.6) is 0 Å². The van der Waals surface area contributed by atoms with Gasteiger partial charge >= 0.3 is 0 Å². The Bertz CT molecular complexity index is 316. The standard InChI is InChI=1S/C14H21N/c1-4-9-14-12(3)15-11-8-6-7-10-13(14)5-2/h5-8,10,15H,4,9,11H2,1-3H3/b8-6-,10-7-,13-5-,14-12?. The lowest BCUT2D eigenvalue weighted by Crippen LogP contribution is -2.13. The highest BCUT2D eigenvalue weighted by Crippen LogP contribution is 2.21. The first-order valence-corrected chi connectivity index (χ1v) is 5.73. The molecule has 0 bridgehead atoms. The molecule has 1 heterocycles. The van der Waals surface area contributed by atoms with Crippen LogP contribution in [0.1, 0.15) is 33.6 Å².